The number of rotatable bonds is 11. The molecule has 8 nitrogen and oxygen atoms in total. The van der Waals surface area contributed by atoms with E-state index in [9.17, 15) is 18.4 Å². The van der Waals surface area contributed by atoms with Gasteiger partial charge in [-0.2, -0.15) is 0 Å². The van der Waals surface area contributed by atoms with E-state index in [4.69, 9.17) is 10.5 Å². The van der Waals surface area contributed by atoms with Gasteiger partial charge in [0.05, 0.1) is 25.0 Å². The number of nitrogens with zero attached hydrogens (tertiary/aromatic N) is 3. The van der Waals surface area contributed by atoms with Gasteiger partial charge in [-0.1, -0.05) is 18.2 Å². The number of benzene rings is 3. The number of para-hydroxylation sites is 1. The number of halogens is 2. The maximum atomic E-state index is 13.4. The maximum absolute atomic E-state index is 13.4. The highest BCUT2D eigenvalue weighted by Crippen LogP contribution is 2.32. The molecule has 214 valence electrons. The van der Waals surface area contributed by atoms with Gasteiger partial charge in [-0.3, -0.25) is 14.5 Å². The van der Waals surface area contributed by atoms with Gasteiger partial charge < -0.3 is 15.8 Å². The summed E-state index contributed by atoms with van der Waals surface area (Å²) < 4.78 is 32.3. The molecule has 2 aromatic heterocycles. The normalized spacial score (nSPS) is 11.8. The third-order valence-corrected chi connectivity index (χ3v) is 7.99. The van der Waals surface area contributed by atoms with E-state index in [0.717, 1.165) is 5.56 Å². The fourth-order valence-corrected chi connectivity index (χ4v) is 6.04. The summed E-state index contributed by atoms with van der Waals surface area (Å²) in [7, 11) is 1.54. The van der Waals surface area contributed by atoms with Crippen LogP contribution in [0.5, 0.6) is 5.75 Å². The molecule has 12 heteroatoms. The minimum atomic E-state index is -1.05. The predicted molar refractivity (Wildman–Crippen MR) is 159 cm³/mol. The second kappa shape index (κ2) is 13.0. The molecule has 0 saturated carbocycles. The average molecular weight is 606 g/mol. The SMILES string of the molecule is COc1ccccc1CN(CC(=O)Nc1nc(-c2ccc(F)cc2)cs1)C(C(N)=O)c1nc(-c2ccc(F)cc2)cs1. The Balaban J connectivity index is 1.41. The number of anilines is 1. The Hall–Kier alpha value is -4.52. The lowest BCUT2D eigenvalue weighted by atomic mass is 10.1. The first-order valence-electron chi connectivity index (χ1n) is 12.7. The number of carbonyl (C=O) groups is 2. The summed E-state index contributed by atoms with van der Waals surface area (Å²) in [6, 6.07) is 18.0. The first-order chi connectivity index (χ1) is 20.3. The monoisotopic (exact) mass is 605 g/mol. The van der Waals surface area contributed by atoms with Crippen molar-refractivity contribution in [1.29, 1.82) is 0 Å². The number of hydrogen-bond acceptors (Lipinski definition) is 8. The highest BCUT2D eigenvalue weighted by Gasteiger charge is 2.31. The van der Waals surface area contributed by atoms with Gasteiger partial charge in [-0.05, 0) is 54.6 Å². The van der Waals surface area contributed by atoms with Gasteiger partial charge in [-0.25, -0.2) is 18.7 Å². The molecule has 2 amide bonds. The van der Waals surface area contributed by atoms with Gasteiger partial charge in [0.25, 0.3) is 0 Å². The zero-order valence-electron chi connectivity index (χ0n) is 22.3. The van der Waals surface area contributed by atoms with Crippen LogP contribution < -0.4 is 15.8 Å². The van der Waals surface area contributed by atoms with Crippen molar-refractivity contribution in [1.82, 2.24) is 14.9 Å². The predicted octanol–water partition coefficient (Wildman–Crippen LogP) is 5.89. The molecule has 0 aliphatic rings. The van der Waals surface area contributed by atoms with Crippen LogP contribution in [-0.4, -0.2) is 40.3 Å². The Bertz CT molecular complexity index is 1690. The molecule has 3 aromatic carbocycles. The standard InChI is InChI=1S/C30H25F2N5O3S2/c1-40-25-5-3-2-4-20(25)14-37(15-26(38)36-30-35-24(17-42-30)19-8-12-22(32)13-9-19)27(28(33)39)29-34-23(16-41-29)18-6-10-21(31)11-7-18/h2-13,16-17,27H,14-15H2,1H3,(H2,33,39)(H,35,36,38). The number of nitrogens with one attached hydrogen (secondary N) is 1. The molecule has 2 heterocycles. The largest absolute Gasteiger partial charge is 0.496 e. The Labute approximate surface area is 248 Å². The summed E-state index contributed by atoms with van der Waals surface area (Å²) in [5.74, 6) is -1.26. The fraction of sp³-hybridized carbons (Fsp3) is 0.133. The minimum Gasteiger partial charge on any atom is -0.496 e. The first kappa shape index (κ1) is 29.0. The molecule has 3 N–H and O–H groups in total. The molecule has 0 fully saturated rings. The van der Waals surface area contributed by atoms with E-state index >= 15 is 0 Å². The van der Waals surface area contributed by atoms with Crippen molar-refractivity contribution in [2.45, 2.75) is 12.6 Å². The first-order valence-corrected chi connectivity index (χ1v) is 14.4. The molecule has 0 spiro atoms. The molecular weight excluding hydrogens is 580 g/mol. The van der Waals surface area contributed by atoms with Crippen LogP contribution in [0.4, 0.5) is 13.9 Å². The van der Waals surface area contributed by atoms with Crippen molar-refractivity contribution >= 4 is 39.6 Å². The Kier molecular flexibility index (Phi) is 8.96. The number of amides is 2. The number of ether oxygens (including phenoxy) is 1. The van der Waals surface area contributed by atoms with Crippen LogP contribution in [0.25, 0.3) is 22.5 Å². The van der Waals surface area contributed by atoms with Gasteiger partial charge in [0.15, 0.2) is 5.13 Å². The maximum Gasteiger partial charge on any atom is 0.241 e. The van der Waals surface area contributed by atoms with Crippen LogP contribution in [0, 0.1) is 11.6 Å². The van der Waals surface area contributed by atoms with Crippen molar-refractivity contribution in [2.75, 3.05) is 19.0 Å². The Morgan fingerprint density at radius 3 is 2.12 bits per heavy atom. The summed E-state index contributed by atoms with van der Waals surface area (Å²) >= 11 is 2.44. The molecule has 0 aliphatic carbocycles. The van der Waals surface area contributed by atoms with E-state index in [1.807, 2.05) is 18.2 Å². The third-order valence-electron chi connectivity index (χ3n) is 6.33. The minimum absolute atomic E-state index is 0.148. The summed E-state index contributed by atoms with van der Waals surface area (Å²) in [4.78, 5) is 36.9. The van der Waals surface area contributed by atoms with Crippen LogP contribution in [-0.2, 0) is 16.1 Å². The zero-order chi connectivity index (χ0) is 29.6. The summed E-state index contributed by atoms with van der Waals surface area (Å²) in [5.41, 5.74) is 9.17. The van der Waals surface area contributed by atoms with Gasteiger partial charge in [0.2, 0.25) is 11.8 Å². The van der Waals surface area contributed by atoms with E-state index < -0.39 is 17.9 Å². The number of carbonyl (C=O) groups excluding carboxylic acids is 2. The number of primary amides is 1. The lowest BCUT2D eigenvalue weighted by Gasteiger charge is -2.28. The Morgan fingerprint density at radius 2 is 1.50 bits per heavy atom. The van der Waals surface area contributed by atoms with Crippen LogP contribution in [0.15, 0.2) is 83.6 Å². The molecule has 0 bridgehead atoms. The van der Waals surface area contributed by atoms with Crippen LogP contribution in [0.1, 0.15) is 16.6 Å². The van der Waals surface area contributed by atoms with Crippen molar-refractivity contribution in [3.63, 3.8) is 0 Å². The number of thiazole rings is 2. The number of hydrogen-bond donors (Lipinski definition) is 2. The molecule has 0 radical (unpaired) electrons. The molecule has 1 atom stereocenters. The molecule has 1 unspecified atom stereocenters. The van der Waals surface area contributed by atoms with E-state index in [0.29, 0.717) is 38.4 Å². The van der Waals surface area contributed by atoms with Crippen molar-refractivity contribution < 1.29 is 23.1 Å². The van der Waals surface area contributed by atoms with Gasteiger partial charge in [0.1, 0.15) is 28.4 Å². The number of aromatic nitrogens is 2. The lowest BCUT2D eigenvalue weighted by molar-refractivity contribution is -0.125. The fourth-order valence-electron chi connectivity index (χ4n) is 4.34. The van der Waals surface area contributed by atoms with Gasteiger partial charge >= 0.3 is 0 Å². The summed E-state index contributed by atoms with van der Waals surface area (Å²) in [5, 5.41) is 7.03. The van der Waals surface area contributed by atoms with E-state index in [1.165, 1.54) is 46.9 Å². The smallest absolute Gasteiger partial charge is 0.241 e. The van der Waals surface area contributed by atoms with Crippen molar-refractivity contribution in [3.8, 4) is 28.3 Å². The van der Waals surface area contributed by atoms with Crippen molar-refractivity contribution in [2.24, 2.45) is 5.73 Å². The Morgan fingerprint density at radius 1 is 0.905 bits per heavy atom. The third kappa shape index (κ3) is 6.85. The second-order valence-electron chi connectivity index (χ2n) is 9.19. The second-order valence-corrected chi connectivity index (χ2v) is 10.9. The summed E-state index contributed by atoms with van der Waals surface area (Å²) in [6.45, 7) is -0.0716. The van der Waals surface area contributed by atoms with Gasteiger partial charge in [-0.15, -0.1) is 22.7 Å². The van der Waals surface area contributed by atoms with Crippen LogP contribution in [0.2, 0.25) is 0 Å². The highest BCUT2D eigenvalue weighted by molar-refractivity contribution is 7.14. The van der Waals surface area contributed by atoms with Crippen LogP contribution in [0.3, 0.4) is 0 Å². The number of methoxy groups -OCH3 is 1. The van der Waals surface area contributed by atoms with Crippen LogP contribution >= 0.6 is 22.7 Å². The van der Waals surface area contributed by atoms with E-state index in [1.54, 1.807) is 53.1 Å². The van der Waals surface area contributed by atoms with Gasteiger partial charge in [0, 0.05) is 34.0 Å². The van der Waals surface area contributed by atoms with E-state index in [2.05, 4.69) is 15.3 Å². The molecule has 0 aliphatic heterocycles. The molecule has 5 rings (SSSR count). The average Bonchev–Trinajstić information content (AvgIpc) is 3.64. The lowest BCUT2D eigenvalue weighted by Crippen LogP contribution is -2.41. The molecular formula is C30H25F2N5O3S2. The topological polar surface area (TPSA) is 110 Å². The molecule has 0 saturated heterocycles. The highest BCUT2D eigenvalue weighted by atomic mass is 32.1. The number of nitrogens with two attached hydrogens (primary N) is 1. The molecule has 5 aromatic rings. The summed E-state index contributed by atoms with van der Waals surface area (Å²) in [6.07, 6.45) is 0. The quantitative estimate of drug-likeness (QED) is 0.194. The van der Waals surface area contributed by atoms with Crippen molar-refractivity contribution in [3.05, 3.63) is 106 Å². The zero-order valence-corrected chi connectivity index (χ0v) is 23.9. The molecule has 42 heavy (non-hydrogen) atoms. The van der Waals surface area contributed by atoms with E-state index in [-0.39, 0.29) is 24.7 Å².